The number of piperidine rings is 1. The van der Waals surface area contributed by atoms with Crippen LogP contribution in [0.3, 0.4) is 0 Å². The molecule has 2 heterocycles. The summed E-state index contributed by atoms with van der Waals surface area (Å²) in [6, 6.07) is 8.01. The Morgan fingerprint density at radius 3 is 2.24 bits per heavy atom. The van der Waals surface area contributed by atoms with Gasteiger partial charge in [0.1, 0.15) is 0 Å². The van der Waals surface area contributed by atoms with Crippen LogP contribution < -0.4 is 0 Å². The van der Waals surface area contributed by atoms with Gasteiger partial charge in [0.05, 0.1) is 4.92 Å². The fourth-order valence-electron chi connectivity index (χ4n) is 3.20. The minimum absolute atomic E-state index is 0.186. The number of likely N-dealkylation sites (tertiary alicyclic amines) is 1. The van der Waals surface area contributed by atoms with Gasteiger partial charge in [0.15, 0.2) is 0 Å². The first-order valence-corrected chi connectivity index (χ1v) is 10.0. The topological polar surface area (TPSA) is 121 Å². The van der Waals surface area contributed by atoms with Crippen molar-refractivity contribution in [2.45, 2.75) is 38.6 Å². The molecule has 8 nitrogen and oxygen atoms in total. The molecule has 0 radical (unpaired) electrons. The van der Waals surface area contributed by atoms with Gasteiger partial charge in [-0.25, -0.2) is 9.59 Å². The molecule has 1 aliphatic heterocycles. The maximum atomic E-state index is 10.9. The van der Waals surface area contributed by atoms with E-state index in [0.29, 0.717) is 24.1 Å². The monoisotopic (exact) mass is 420 g/mol. The second kappa shape index (κ2) is 10.1. The Morgan fingerprint density at radius 1 is 1.17 bits per heavy atom. The lowest BCUT2D eigenvalue weighted by Crippen LogP contribution is -2.37. The minimum atomic E-state index is -1.26. The number of hydrogen-bond donors (Lipinski definition) is 2. The Morgan fingerprint density at radius 2 is 1.76 bits per heavy atom. The van der Waals surface area contributed by atoms with Crippen molar-refractivity contribution in [1.82, 2.24) is 4.90 Å². The summed E-state index contributed by atoms with van der Waals surface area (Å²) < 4.78 is 1.03. The van der Waals surface area contributed by atoms with Crippen LogP contribution in [0.25, 0.3) is 10.1 Å². The molecule has 0 unspecified atom stereocenters. The SMILES string of the molecule is CC(C)N1CCC(c2cc3ccc([N+](=O)[O-])cc3s2)CC1.O=C(O)C=CC(=O)O. The predicted molar refractivity (Wildman–Crippen MR) is 112 cm³/mol. The molecule has 1 aromatic carbocycles. The minimum Gasteiger partial charge on any atom is -0.478 e. The number of aliphatic carboxylic acids is 2. The predicted octanol–water partition coefficient (Wildman–Crippen LogP) is 4.11. The smallest absolute Gasteiger partial charge is 0.328 e. The van der Waals surface area contributed by atoms with E-state index >= 15 is 0 Å². The number of nitrogens with zero attached hydrogens (tertiary/aromatic N) is 2. The number of thiophene rings is 1. The van der Waals surface area contributed by atoms with Crippen molar-refractivity contribution in [2.24, 2.45) is 0 Å². The van der Waals surface area contributed by atoms with Crippen LogP contribution in [0, 0.1) is 10.1 Å². The number of benzene rings is 1. The Hall–Kier alpha value is -2.78. The van der Waals surface area contributed by atoms with Crippen LogP contribution >= 0.6 is 11.3 Å². The summed E-state index contributed by atoms with van der Waals surface area (Å²) in [7, 11) is 0. The summed E-state index contributed by atoms with van der Waals surface area (Å²) in [4.78, 5) is 33.6. The van der Waals surface area contributed by atoms with E-state index in [1.807, 2.05) is 6.07 Å². The molecule has 0 bridgehead atoms. The van der Waals surface area contributed by atoms with Crippen molar-refractivity contribution in [2.75, 3.05) is 13.1 Å². The van der Waals surface area contributed by atoms with Gasteiger partial charge in [-0.2, -0.15) is 0 Å². The van der Waals surface area contributed by atoms with Gasteiger partial charge >= 0.3 is 11.9 Å². The van der Waals surface area contributed by atoms with Crippen molar-refractivity contribution in [1.29, 1.82) is 0 Å². The standard InChI is InChI=1S/C16H20N2O2S.C4H4O4/c1-11(2)17-7-5-12(6-8-17)15-9-13-3-4-14(18(19)20)10-16(13)21-15;5-3(6)1-2-4(7)8/h3-4,9-12H,5-8H2,1-2H3;1-2H,(H,5,6)(H,7,8). The third kappa shape index (κ3) is 6.65. The van der Waals surface area contributed by atoms with E-state index in [1.54, 1.807) is 23.5 Å². The first-order valence-electron chi connectivity index (χ1n) is 9.23. The van der Waals surface area contributed by atoms with Gasteiger partial charge in [-0.05, 0) is 63.2 Å². The Kier molecular flexibility index (Phi) is 7.86. The summed E-state index contributed by atoms with van der Waals surface area (Å²) in [6.45, 7) is 6.80. The van der Waals surface area contributed by atoms with E-state index in [1.165, 1.54) is 17.7 Å². The van der Waals surface area contributed by atoms with Crippen LogP contribution in [0.5, 0.6) is 0 Å². The fourth-order valence-corrected chi connectivity index (χ4v) is 4.46. The summed E-state index contributed by atoms with van der Waals surface area (Å²) in [5.74, 6) is -1.91. The van der Waals surface area contributed by atoms with Crippen LogP contribution in [0.4, 0.5) is 5.69 Å². The molecular formula is C20H24N2O6S. The van der Waals surface area contributed by atoms with Gasteiger partial charge in [0.2, 0.25) is 0 Å². The number of nitro groups is 1. The first kappa shape index (κ1) is 22.5. The molecule has 29 heavy (non-hydrogen) atoms. The third-order valence-corrected chi connectivity index (χ3v) is 6.02. The highest BCUT2D eigenvalue weighted by molar-refractivity contribution is 7.19. The molecule has 1 saturated heterocycles. The third-order valence-electron chi connectivity index (χ3n) is 4.76. The maximum Gasteiger partial charge on any atom is 0.328 e. The number of non-ortho nitro benzene ring substituents is 1. The van der Waals surface area contributed by atoms with Crippen molar-refractivity contribution in [3.63, 3.8) is 0 Å². The van der Waals surface area contributed by atoms with E-state index in [2.05, 4.69) is 24.8 Å². The lowest BCUT2D eigenvalue weighted by atomic mass is 9.94. The second-order valence-corrected chi connectivity index (χ2v) is 8.16. The molecule has 1 aliphatic rings. The lowest BCUT2D eigenvalue weighted by molar-refractivity contribution is -0.384. The van der Waals surface area contributed by atoms with E-state index < -0.39 is 11.9 Å². The first-order chi connectivity index (χ1) is 13.7. The molecular weight excluding hydrogens is 396 g/mol. The zero-order valence-corrected chi connectivity index (χ0v) is 17.1. The highest BCUT2D eigenvalue weighted by atomic mass is 32.1. The molecule has 156 valence electrons. The van der Waals surface area contributed by atoms with E-state index in [9.17, 15) is 19.7 Å². The fraction of sp³-hybridized carbons (Fsp3) is 0.400. The maximum absolute atomic E-state index is 10.9. The molecule has 0 amide bonds. The Labute approximate surface area is 172 Å². The molecule has 2 aromatic rings. The lowest BCUT2D eigenvalue weighted by Gasteiger charge is -2.34. The van der Waals surface area contributed by atoms with Crippen molar-refractivity contribution in [3.8, 4) is 0 Å². The summed E-state index contributed by atoms with van der Waals surface area (Å²) >= 11 is 1.72. The summed E-state index contributed by atoms with van der Waals surface area (Å²) in [5, 5.41) is 27.6. The largest absolute Gasteiger partial charge is 0.478 e. The number of carboxylic acid groups (broad SMARTS) is 2. The van der Waals surface area contributed by atoms with Crippen LogP contribution in [-0.2, 0) is 9.59 Å². The average Bonchev–Trinajstić information content (AvgIpc) is 3.10. The highest BCUT2D eigenvalue weighted by Gasteiger charge is 2.23. The van der Waals surface area contributed by atoms with Crippen molar-refractivity contribution < 1.29 is 24.7 Å². The Balaban J connectivity index is 0.000000321. The van der Waals surface area contributed by atoms with Crippen LogP contribution in [-0.4, -0.2) is 51.1 Å². The van der Waals surface area contributed by atoms with Crippen LogP contribution in [0.1, 0.15) is 37.5 Å². The normalized spacial score (nSPS) is 15.4. The quantitative estimate of drug-likeness (QED) is 0.424. The second-order valence-electron chi connectivity index (χ2n) is 7.04. The van der Waals surface area contributed by atoms with Gasteiger partial charge in [-0.15, -0.1) is 11.3 Å². The molecule has 1 aromatic heterocycles. The van der Waals surface area contributed by atoms with Crippen LogP contribution in [0.2, 0.25) is 0 Å². The zero-order chi connectivity index (χ0) is 21.6. The molecule has 1 fully saturated rings. The van der Waals surface area contributed by atoms with Gasteiger partial charge in [-0.1, -0.05) is 0 Å². The highest BCUT2D eigenvalue weighted by Crippen LogP contribution is 2.37. The molecule has 0 atom stereocenters. The number of rotatable bonds is 5. The van der Waals surface area contributed by atoms with Gasteiger partial charge in [-0.3, -0.25) is 10.1 Å². The average molecular weight is 420 g/mol. The zero-order valence-electron chi connectivity index (χ0n) is 16.3. The van der Waals surface area contributed by atoms with E-state index in [-0.39, 0.29) is 10.6 Å². The summed E-state index contributed by atoms with van der Waals surface area (Å²) in [6.07, 6.45) is 3.49. The number of hydrogen-bond acceptors (Lipinski definition) is 6. The van der Waals surface area contributed by atoms with Gasteiger partial charge < -0.3 is 15.1 Å². The molecule has 3 rings (SSSR count). The van der Waals surface area contributed by atoms with Gasteiger partial charge in [0, 0.05) is 39.9 Å². The van der Waals surface area contributed by atoms with Crippen LogP contribution in [0.15, 0.2) is 36.4 Å². The molecule has 9 heteroatoms. The van der Waals surface area contributed by atoms with E-state index in [4.69, 9.17) is 10.2 Å². The molecule has 0 spiro atoms. The number of carboxylic acids is 2. The van der Waals surface area contributed by atoms with Crippen molar-refractivity contribution >= 4 is 39.0 Å². The molecule has 0 saturated carbocycles. The van der Waals surface area contributed by atoms with E-state index in [0.717, 1.165) is 23.2 Å². The number of nitro benzene ring substituents is 1. The van der Waals surface area contributed by atoms with Crippen molar-refractivity contribution in [3.05, 3.63) is 51.4 Å². The molecule has 2 N–H and O–H groups in total. The van der Waals surface area contributed by atoms with Gasteiger partial charge in [0.25, 0.3) is 5.69 Å². The number of fused-ring (bicyclic) bond motifs is 1. The summed E-state index contributed by atoms with van der Waals surface area (Å²) in [5.41, 5.74) is 0.186. The molecule has 0 aliphatic carbocycles. The number of carbonyl (C=O) groups is 2. The Bertz CT molecular complexity index is 897.